The Morgan fingerprint density at radius 1 is 1.14 bits per heavy atom. The molecule has 0 heterocycles. The molecule has 0 radical (unpaired) electrons. The molecule has 0 amide bonds. The smallest absolute Gasteiger partial charge is 0.0632 e. The highest BCUT2D eigenvalue weighted by atomic mass is 16.3. The summed E-state index contributed by atoms with van der Waals surface area (Å²) in [6.07, 6.45) is 0. The van der Waals surface area contributed by atoms with Crippen LogP contribution in [-0.2, 0) is 0 Å². The van der Waals surface area contributed by atoms with Crippen molar-refractivity contribution in [3.05, 3.63) is 34.7 Å². The molecule has 0 aliphatic carbocycles. The topological polar surface area (TPSA) is 32.7 Å². The third-order valence-corrected chi connectivity index (χ3v) is 2.00. The van der Waals surface area contributed by atoms with E-state index in [1.54, 1.807) is 0 Å². The van der Waals surface area contributed by atoms with Crippen molar-refractivity contribution < 1.29 is 0 Å². The predicted octanol–water partition coefficient (Wildman–Crippen LogP) is 3.28. The van der Waals surface area contributed by atoms with Gasteiger partial charge in [0.1, 0.15) is 0 Å². The molecule has 0 saturated carbocycles. The van der Waals surface area contributed by atoms with Crippen molar-refractivity contribution in [3.63, 3.8) is 0 Å². The number of nitroso groups, excluding NO2 is 1. The van der Waals surface area contributed by atoms with Crippen molar-refractivity contribution in [2.24, 2.45) is 5.29 Å². The summed E-state index contributed by atoms with van der Waals surface area (Å²) in [6, 6.07) is 7.75. The molecule has 3 nitrogen and oxygen atoms in total. The van der Waals surface area contributed by atoms with Gasteiger partial charge in [-0.15, -0.1) is 4.91 Å². The highest BCUT2D eigenvalue weighted by molar-refractivity contribution is 5.48. The molecule has 0 aliphatic heterocycles. The molecule has 1 aromatic rings. The summed E-state index contributed by atoms with van der Waals surface area (Å²) in [5.74, 6) is 0. The van der Waals surface area contributed by atoms with E-state index in [2.05, 4.69) is 5.29 Å². The average Bonchev–Trinajstić information content (AvgIpc) is 2.07. The fourth-order valence-electron chi connectivity index (χ4n) is 1.24. The first-order valence-corrected chi connectivity index (χ1v) is 4.65. The van der Waals surface area contributed by atoms with E-state index < -0.39 is 0 Å². The fourth-order valence-corrected chi connectivity index (χ4v) is 1.24. The zero-order chi connectivity index (χ0) is 10.8. The molecule has 3 heteroatoms. The second-order valence-electron chi connectivity index (χ2n) is 4.40. The molecule has 1 rings (SSSR count). The normalized spacial score (nSPS) is 11.1. The van der Waals surface area contributed by atoms with E-state index in [-0.39, 0.29) is 5.54 Å². The van der Waals surface area contributed by atoms with Crippen LogP contribution in [0.4, 0.5) is 5.69 Å². The van der Waals surface area contributed by atoms with Crippen LogP contribution in [0.5, 0.6) is 0 Å². The lowest BCUT2D eigenvalue weighted by atomic mass is 10.1. The molecule has 0 aliphatic rings. The lowest BCUT2D eigenvalue weighted by Crippen LogP contribution is -2.36. The molecule has 0 fully saturated rings. The van der Waals surface area contributed by atoms with Crippen LogP contribution in [0.1, 0.15) is 26.3 Å². The van der Waals surface area contributed by atoms with E-state index in [4.69, 9.17) is 0 Å². The van der Waals surface area contributed by atoms with Gasteiger partial charge in [0.25, 0.3) is 0 Å². The van der Waals surface area contributed by atoms with E-state index in [9.17, 15) is 4.91 Å². The second-order valence-corrected chi connectivity index (χ2v) is 4.40. The first-order valence-electron chi connectivity index (χ1n) is 4.65. The minimum atomic E-state index is -0.281. The summed E-state index contributed by atoms with van der Waals surface area (Å²) in [6.45, 7) is 7.87. The summed E-state index contributed by atoms with van der Waals surface area (Å²) in [5, 5.41) is 4.52. The van der Waals surface area contributed by atoms with Crippen LogP contribution in [0.2, 0.25) is 0 Å². The SMILES string of the molecule is Cc1ccc(N(N=O)C(C)(C)C)cc1. The zero-order valence-corrected chi connectivity index (χ0v) is 9.11. The minimum Gasteiger partial charge on any atom is -0.224 e. The predicted molar refractivity (Wildman–Crippen MR) is 59.2 cm³/mol. The van der Waals surface area contributed by atoms with Gasteiger partial charge in [0.2, 0.25) is 0 Å². The quantitative estimate of drug-likeness (QED) is 0.532. The molecule has 0 unspecified atom stereocenters. The molecule has 0 saturated heterocycles. The first kappa shape index (κ1) is 10.7. The molecule has 0 spiro atoms. The van der Waals surface area contributed by atoms with Crippen LogP contribution in [0, 0.1) is 11.8 Å². The maximum absolute atomic E-state index is 10.7. The summed E-state index contributed by atoms with van der Waals surface area (Å²) in [7, 11) is 0. The van der Waals surface area contributed by atoms with Crippen LogP contribution in [0.25, 0.3) is 0 Å². The summed E-state index contributed by atoms with van der Waals surface area (Å²) in [4.78, 5) is 10.7. The van der Waals surface area contributed by atoms with Gasteiger partial charge in [0.15, 0.2) is 0 Å². The molecular formula is C11H16N2O. The largest absolute Gasteiger partial charge is 0.224 e. The van der Waals surface area contributed by atoms with Crippen molar-refractivity contribution in [1.29, 1.82) is 0 Å². The number of benzene rings is 1. The van der Waals surface area contributed by atoms with Crippen LogP contribution in [0.3, 0.4) is 0 Å². The maximum atomic E-state index is 10.7. The van der Waals surface area contributed by atoms with Gasteiger partial charge >= 0.3 is 0 Å². The number of nitrogens with zero attached hydrogens (tertiary/aromatic N) is 2. The molecule has 76 valence electrons. The Morgan fingerprint density at radius 2 is 1.64 bits per heavy atom. The summed E-state index contributed by atoms with van der Waals surface area (Å²) in [5.41, 5.74) is 1.73. The van der Waals surface area contributed by atoms with E-state index in [1.807, 2.05) is 52.0 Å². The molecule has 14 heavy (non-hydrogen) atoms. The van der Waals surface area contributed by atoms with Crippen molar-refractivity contribution in [1.82, 2.24) is 0 Å². The summed E-state index contributed by atoms with van der Waals surface area (Å²) >= 11 is 0. The molecule has 0 aromatic heterocycles. The fraction of sp³-hybridized carbons (Fsp3) is 0.455. The van der Waals surface area contributed by atoms with Crippen LogP contribution in [0.15, 0.2) is 29.6 Å². The highest BCUT2D eigenvalue weighted by Crippen LogP contribution is 2.24. The van der Waals surface area contributed by atoms with Crippen molar-refractivity contribution in [2.75, 3.05) is 5.01 Å². The Kier molecular flexibility index (Phi) is 2.89. The molecule has 1 aromatic carbocycles. The Labute approximate surface area is 84.7 Å². The Hall–Kier alpha value is -1.38. The molecule has 0 N–H and O–H groups in total. The first-order chi connectivity index (χ1) is 6.45. The Balaban J connectivity index is 3.02. The average molecular weight is 192 g/mol. The van der Waals surface area contributed by atoms with Crippen LogP contribution >= 0.6 is 0 Å². The van der Waals surface area contributed by atoms with Gasteiger partial charge in [-0.25, -0.2) is 5.01 Å². The third-order valence-electron chi connectivity index (χ3n) is 2.00. The number of anilines is 1. The van der Waals surface area contributed by atoms with Crippen molar-refractivity contribution in [3.8, 4) is 0 Å². The second kappa shape index (κ2) is 3.78. The lowest BCUT2D eigenvalue weighted by Gasteiger charge is -2.29. The minimum absolute atomic E-state index is 0.281. The number of rotatable bonds is 2. The number of aryl methyl sites for hydroxylation is 1. The highest BCUT2D eigenvalue weighted by Gasteiger charge is 2.22. The Morgan fingerprint density at radius 3 is 2.00 bits per heavy atom. The van der Waals surface area contributed by atoms with Gasteiger partial charge in [-0.1, -0.05) is 17.7 Å². The summed E-state index contributed by atoms with van der Waals surface area (Å²) < 4.78 is 0. The molecular weight excluding hydrogens is 176 g/mol. The monoisotopic (exact) mass is 192 g/mol. The van der Waals surface area contributed by atoms with Crippen LogP contribution in [-0.4, -0.2) is 5.54 Å². The van der Waals surface area contributed by atoms with Gasteiger partial charge < -0.3 is 0 Å². The standard InChI is InChI=1S/C11H16N2O/c1-9-5-7-10(8-6-9)13(12-14)11(2,3)4/h5-8H,1-4H3. The third kappa shape index (κ3) is 2.31. The Bertz CT molecular complexity index is 311. The molecule has 0 atom stereocenters. The van der Waals surface area contributed by atoms with Crippen molar-refractivity contribution in [2.45, 2.75) is 33.2 Å². The van der Waals surface area contributed by atoms with E-state index in [0.717, 1.165) is 5.69 Å². The van der Waals surface area contributed by atoms with Gasteiger partial charge in [-0.2, -0.15) is 0 Å². The zero-order valence-electron chi connectivity index (χ0n) is 9.11. The van der Waals surface area contributed by atoms with Gasteiger partial charge in [-0.3, -0.25) is 0 Å². The van der Waals surface area contributed by atoms with Gasteiger partial charge in [0.05, 0.1) is 16.5 Å². The van der Waals surface area contributed by atoms with Gasteiger partial charge in [-0.05, 0) is 39.8 Å². The van der Waals surface area contributed by atoms with Gasteiger partial charge in [0, 0.05) is 0 Å². The van der Waals surface area contributed by atoms with Crippen LogP contribution < -0.4 is 5.01 Å². The van der Waals surface area contributed by atoms with E-state index in [1.165, 1.54) is 10.6 Å². The van der Waals surface area contributed by atoms with E-state index in [0.29, 0.717) is 0 Å². The lowest BCUT2D eigenvalue weighted by molar-refractivity contribution is 0.513. The number of hydrogen-bond donors (Lipinski definition) is 0. The maximum Gasteiger partial charge on any atom is 0.0632 e. The van der Waals surface area contributed by atoms with Crippen molar-refractivity contribution >= 4 is 5.69 Å². The molecule has 0 bridgehead atoms. The number of hydrogen-bond acceptors (Lipinski definition) is 2. The van der Waals surface area contributed by atoms with E-state index >= 15 is 0 Å².